The Morgan fingerprint density at radius 3 is 2.07 bits per heavy atom. The normalized spacial score (nSPS) is 31.3. The zero-order valence-corrected chi connectivity index (χ0v) is 9.52. The van der Waals surface area contributed by atoms with Gasteiger partial charge in [-0.1, -0.05) is 20.8 Å². The van der Waals surface area contributed by atoms with Crippen molar-refractivity contribution in [2.24, 2.45) is 10.8 Å². The van der Waals surface area contributed by atoms with E-state index in [1.807, 2.05) is 13.8 Å². The van der Waals surface area contributed by atoms with E-state index in [1.54, 1.807) is 6.92 Å². The van der Waals surface area contributed by atoms with E-state index in [0.29, 0.717) is 12.8 Å². The quantitative estimate of drug-likeness (QED) is 0.727. The lowest BCUT2D eigenvalue weighted by molar-refractivity contribution is -0.154. The number of hydrogen-bond donors (Lipinski definition) is 1. The second-order valence-corrected chi connectivity index (χ2v) is 6.10. The van der Waals surface area contributed by atoms with Gasteiger partial charge < -0.3 is 0 Å². The molecule has 5 heteroatoms. The molecule has 1 aliphatic carbocycles. The Morgan fingerprint density at radius 1 is 1.43 bits per heavy atom. The number of hydrogen-bond acceptors (Lipinski definition) is 3. The number of rotatable bonds is 3. The molecule has 0 aromatic heterocycles. The molecule has 0 saturated heterocycles. The summed E-state index contributed by atoms with van der Waals surface area (Å²) in [6, 6.07) is 0. The molecule has 1 saturated carbocycles. The van der Waals surface area contributed by atoms with Gasteiger partial charge in [0.05, 0.1) is 11.2 Å². The third-order valence-corrected chi connectivity index (χ3v) is 4.32. The smallest absolute Gasteiger partial charge is 0.265 e. The number of ketones is 1. The van der Waals surface area contributed by atoms with Gasteiger partial charge in [0.15, 0.2) is 0 Å². The summed E-state index contributed by atoms with van der Waals surface area (Å²) in [5.41, 5.74) is -1.20. The Morgan fingerprint density at radius 2 is 1.93 bits per heavy atom. The van der Waals surface area contributed by atoms with Crippen molar-refractivity contribution in [2.75, 3.05) is 5.75 Å². The molecule has 0 bridgehead atoms. The zero-order chi connectivity index (χ0) is 11.2. The van der Waals surface area contributed by atoms with Crippen LogP contribution in [0, 0.1) is 10.8 Å². The lowest BCUT2D eigenvalue weighted by Gasteiger charge is -2.53. The topological polar surface area (TPSA) is 71.4 Å². The van der Waals surface area contributed by atoms with E-state index in [0.717, 1.165) is 0 Å². The van der Waals surface area contributed by atoms with Crippen molar-refractivity contribution in [3.05, 3.63) is 0 Å². The highest BCUT2D eigenvalue weighted by Crippen LogP contribution is 2.56. The first-order chi connectivity index (χ1) is 6.15. The van der Waals surface area contributed by atoms with E-state index >= 15 is 0 Å². The SMILES string of the molecule is CCC1(CS(=O)(=O)O)C(=O)CC1(C)C. The Bertz CT molecular complexity index is 355. The highest BCUT2D eigenvalue weighted by Gasteiger charge is 2.60. The van der Waals surface area contributed by atoms with Crippen LogP contribution in [0.15, 0.2) is 0 Å². The van der Waals surface area contributed by atoms with Gasteiger partial charge in [-0.2, -0.15) is 8.42 Å². The van der Waals surface area contributed by atoms with E-state index in [4.69, 9.17) is 4.55 Å². The summed E-state index contributed by atoms with van der Waals surface area (Å²) in [7, 11) is -4.08. The minimum absolute atomic E-state index is 0.0531. The van der Waals surface area contributed by atoms with Crippen molar-refractivity contribution in [2.45, 2.75) is 33.6 Å². The Balaban J connectivity index is 3.04. The Hall–Kier alpha value is -0.420. The maximum atomic E-state index is 11.5. The van der Waals surface area contributed by atoms with E-state index in [1.165, 1.54) is 0 Å². The first kappa shape index (κ1) is 11.7. The molecule has 1 aliphatic rings. The maximum absolute atomic E-state index is 11.5. The van der Waals surface area contributed by atoms with Gasteiger partial charge in [0.1, 0.15) is 5.78 Å². The summed E-state index contributed by atoms with van der Waals surface area (Å²) >= 11 is 0. The van der Waals surface area contributed by atoms with Crippen LogP contribution in [-0.4, -0.2) is 24.5 Å². The number of carbonyl (C=O) groups excluding carboxylic acids is 1. The second-order valence-electron chi connectivity index (χ2n) is 4.65. The molecule has 0 aliphatic heterocycles. The van der Waals surface area contributed by atoms with Crippen LogP contribution in [0.1, 0.15) is 33.6 Å². The summed E-state index contributed by atoms with van der Waals surface area (Å²) in [5.74, 6) is -0.495. The van der Waals surface area contributed by atoms with Crippen molar-refractivity contribution in [1.82, 2.24) is 0 Å². The lowest BCUT2D eigenvalue weighted by atomic mass is 9.50. The standard InChI is InChI=1S/C9H16O4S/c1-4-9(6-14(11,12)13)7(10)5-8(9,2)3/h4-6H2,1-3H3,(H,11,12,13). The predicted octanol–water partition coefficient (Wildman–Crippen LogP) is 1.27. The molecule has 1 rings (SSSR count). The van der Waals surface area contributed by atoms with E-state index < -0.39 is 21.3 Å². The molecule has 1 fully saturated rings. The molecule has 1 atom stereocenters. The first-order valence-corrected chi connectivity index (χ1v) is 6.24. The maximum Gasteiger partial charge on any atom is 0.265 e. The first-order valence-electron chi connectivity index (χ1n) is 4.63. The molecule has 0 aromatic rings. The van der Waals surface area contributed by atoms with Crippen LogP contribution in [0.5, 0.6) is 0 Å². The Kier molecular flexibility index (Phi) is 2.53. The largest absolute Gasteiger partial charge is 0.299 e. The van der Waals surface area contributed by atoms with Gasteiger partial charge in [-0.05, 0) is 11.8 Å². The fourth-order valence-electron chi connectivity index (χ4n) is 2.38. The van der Waals surface area contributed by atoms with Crippen LogP contribution in [0.3, 0.4) is 0 Å². The summed E-state index contributed by atoms with van der Waals surface area (Å²) in [4.78, 5) is 11.5. The van der Waals surface area contributed by atoms with E-state index in [2.05, 4.69) is 0 Å². The molecule has 0 amide bonds. The van der Waals surface area contributed by atoms with Gasteiger partial charge in [-0.25, -0.2) is 0 Å². The van der Waals surface area contributed by atoms with E-state index in [-0.39, 0.29) is 11.2 Å². The van der Waals surface area contributed by atoms with Gasteiger partial charge in [-0.15, -0.1) is 0 Å². The third-order valence-electron chi connectivity index (χ3n) is 3.46. The second kappa shape index (κ2) is 3.03. The van der Waals surface area contributed by atoms with Gasteiger partial charge in [-0.3, -0.25) is 9.35 Å². The summed E-state index contributed by atoms with van der Waals surface area (Å²) < 4.78 is 30.5. The molecule has 1 unspecified atom stereocenters. The molecule has 0 spiro atoms. The molecular formula is C9H16O4S. The van der Waals surface area contributed by atoms with E-state index in [9.17, 15) is 13.2 Å². The van der Waals surface area contributed by atoms with Gasteiger partial charge in [0.25, 0.3) is 10.1 Å². The van der Waals surface area contributed by atoms with Crippen LogP contribution in [0.4, 0.5) is 0 Å². The average Bonchev–Trinajstić information content (AvgIpc) is 1.97. The minimum Gasteiger partial charge on any atom is -0.299 e. The van der Waals surface area contributed by atoms with Crippen molar-refractivity contribution >= 4 is 15.9 Å². The zero-order valence-electron chi connectivity index (χ0n) is 8.70. The highest BCUT2D eigenvalue weighted by molar-refractivity contribution is 7.85. The molecule has 0 radical (unpaired) electrons. The van der Waals surface area contributed by atoms with Gasteiger partial charge in [0, 0.05) is 6.42 Å². The van der Waals surface area contributed by atoms with Crippen molar-refractivity contribution in [3.8, 4) is 0 Å². The minimum atomic E-state index is -4.08. The van der Waals surface area contributed by atoms with Crippen molar-refractivity contribution < 1.29 is 17.8 Å². The monoisotopic (exact) mass is 220 g/mol. The summed E-state index contributed by atoms with van der Waals surface area (Å²) in [5, 5.41) is 0. The molecule has 0 heterocycles. The molecular weight excluding hydrogens is 204 g/mol. The van der Waals surface area contributed by atoms with Crippen LogP contribution in [-0.2, 0) is 14.9 Å². The molecule has 82 valence electrons. The van der Waals surface area contributed by atoms with Crippen molar-refractivity contribution in [1.29, 1.82) is 0 Å². The predicted molar refractivity (Wildman–Crippen MR) is 52.5 cm³/mol. The highest BCUT2D eigenvalue weighted by atomic mass is 32.2. The van der Waals surface area contributed by atoms with Crippen LogP contribution >= 0.6 is 0 Å². The molecule has 4 nitrogen and oxygen atoms in total. The summed E-state index contributed by atoms with van der Waals surface area (Å²) in [6.07, 6.45) is 0.856. The Labute approximate surface area is 84.4 Å². The number of Topliss-reactive ketones (excluding diaryl/α,β-unsaturated/α-hetero) is 1. The fraction of sp³-hybridized carbons (Fsp3) is 0.889. The molecule has 1 N–H and O–H groups in total. The lowest BCUT2D eigenvalue weighted by Crippen LogP contribution is -2.59. The molecule has 0 aromatic carbocycles. The molecule has 14 heavy (non-hydrogen) atoms. The van der Waals surface area contributed by atoms with Gasteiger partial charge >= 0.3 is 0 Å². The van der Waals surface area contributed by atoms with Crippen molar-refractivity contribution in [3.63, 3.8) is 0 Å². The fourth-order valence-corrected chi connectivity index (χ4v) is 3.75. The number of carbonyl (C=O) groups is 1. The average molecular weight is 220 g/mol. The van der Waals surface area contributed by atoms with Crippen LogP contribution in [0.25, 0.3) is 0 Å². The van der Waals surface area contributed by atoms with Crippen LogP contribution < -0.4 is 0 Å². The summed E-state index contributed by atoms with van der Waals surface area (Å²) in [6.45, 7) is 5.51. The third kappa shape index (κ3) is 1.59. The van der Waals surface area contributed by atoms with Crippen LogP contribution in [0.2, 0.25) is 0 Å². The van der Waals surface area contributed by atoms with Gasteiger partial charge in [0.2, 0.25) is 0 Å².